The molecule has 1 aliphatic rings. The van der Waals surface area contributed by atoms with Crippen molar-refractivity contribution in [3.8, 4) is 11.1 Å². The smallest absolute Gasteiger partial charge is 0.246 e. The molecule has 33 heavy (non-hydrogen) atoms. The van der Waals surface area contributed by atoms with Gasteiger partial charge in [0.1, 0.15) is 11.7 Å². The lowest BCUT2D eigenvalue weighted by Crippen LogP contribution is -2.45. The van der Waals surface area contributed by atoms with Crippen molar-refractivity contribution in [3.05, 3.63) is 61.2 Å². The number of amides is 2. The second-order valence-corrected chi connectivity index (χ2v) is 8.16. The molecule has 2 amide bonds. The van der Waals surface area contributed by atoms with Crippen LogP contribution in [0.5, 0.6) is 0 Å². The number of aromatic amines is 1. The second-order valence-electron chi connectivity index (χ2n) is 8.16. The lowest BCUT2D eigenvalue weighted by molar-refractivity contribution is -0.135. The topological polar surface area (TPSA) is 108 Å². The first-order chi connectivity index (χ1) is 16.2. The van der Waals surface area contributed by atoms with Crippen LogP contribution in [-0.4, -0.2) is 60.6 Å². The minimum Gasteiger partial charge on any atom is -0.354 e. The van der Waals surface area contributed by atoms with Crippen LogP contribution in [0.2, 0.25) is 0 Å². The molecule has 4 aromatic rings. The zero-order valence-corrected chi connectivity index (χ0v) is 18.2. The van der Waals surface area contributed by atoms with Gasteiger partial charge in [-0.25, -0.2) is 4.98 Å². The van der Waals surface area contributed by atoms with Gasteiger partial charge in [0.2, 0.25) is 11.8 Å². The fourth-order valence-electron chi connectivity index (χ4n) is 4.52. The van der Waals surface area contributed by atoms with Crippen molar-refractivity contribution in [2.75, 3.05) is 13.1 Å². The normalized spacial score (nSPS) is 15.9. The fraction of sp³-hybridized carbons (Fsp3) is 0.292. The average molecular weight is 444 g/mol. The Balaban J connectivity index is 1.25. The number of hydrogen-bond acceptors (Lipinski definition) is 5. The maximum atomic E-state index is 12.5. The minimum absolute atomic E-state index is 0.0926. The molecule has 168 valence electrons. The summed E-state index contributed by atoms with van der Waals surface area (Å²) in [6.07, 6.45) is 9.67. The number of carbonyl (C=O) groups excluding carboxylic acids is 2. The number of carbonyl (C=O) groups is 2. The average Bonchev–Trinajstić information content (AvgIpc) is 3.58. The zero-order chi connectivity index (χ0) is 22.8. The molecule has 0 saturated carbocycles. The Morgan fingerprint density at radius 2 is 2.15 bits per heavy atom. The Bertz CT molecular complexity index is 1340. The summed E-state index contributed by atoms with van der Waals surface area (Å²) in [5.74, 6) is -0.277. The van der Waals surface area contributed by atoms with Gasteiger partial charge in [-0.15, -0.1) is 0 Å². The fourth-order valence-corrected chi connectivity index (χ4v) is 4.52. The highest BCUT2D eigenvalue weighted by molar-refractivity contribution is 5.97. The van der Waals surface area contributed by atoms with E-state index in [-0.39, 0.29) is 11.8 Å². The minimum atomic E-state index is -0.393. The van der Waals surface area contributed by atoms with Crippen LogP contribution < -0.4 is 5.32 Å². The van der Waals surface area contributed by atoms with E-state index < -0.39 is 6.04 Å². The molecule has 0 aromatic carbocycles. The molecular formula is C24H25N7O2. The van der Waals surface area contributed by atoms with Gasteiger partial charge in [0.25, 0.3) is 0 Å². The second kappa shape index (κ2) is 8.85. The Morgan fingerprint density at radius 1 is 1.24 bits per heavy atom. The highest BCUT2D eigenvalue weighted by Gasteiger charge is 2.32. The molecule has 1 atom stereocenters. The molecule has 9 heteroatoms. The van der Waals surface area contributed by atoms with Crippen molar-refractivity contribution in [2.45, 2.75) is 31.7 Å². The van der Waals surface area contributed by atoms with Crippen molar-refractivity contribution in [1.29, 1.82) is 0 Å². The summed E-state index contributed by atoms with van der Waals surface area (Å²) < 4.78 is 1.62. The van der Waals surface area contributed by atoms with Crippen molar-refractivity contribution in [1.82, 2.24) is 35.0 Å². The van der Waals surface area contributed by atoms with Crippen LogP contribution in [0.15, 0.2) is 55.5 Å². The van der Waals surface area contributed by atoms with Crippen LogP contribution in [0.1, 0.15) is 25.0 Å². The van der Waals surface area contributed by atoms with Gasteiger partial charge in [-0.3, -0.25) is 9.59 Å². The Labute approximate surface area is 190 Å². The van der Waals surface area contributed by atoms with Gasteiger partial charge in [-0.05, 0) is 61.6 Å². The van der Waals surface area contributed by atoms with Gasteiger partial charge in [-0.1, -0.05) is 6.58 Å². The largest absolute Gasteiger partial charge is 0.354 e. The predicted octanol–water partition coefficient (Wildman–Crippen LogP) is 2.50. The number of H-pyrrole nitrogens is 1. The van der Waals surface area contributed by atoms with Crippen molar-refractivity contribution < 1.29 is 9.59 Å². The molecule has 1 aliphatic heterocycles. The summed E-state index contributed by atoms with van der Waals surface area (Å²) in [4.78, 5) is 33.9. The molecule has 2 N–H and O–H groups in total. The molecule has 1 saturated heterocycles. The van der Waals surface area contributed by atoms with Crippen molar-refractivity contribution >= 4 is 28.4 Å². The molecule has 0 spiro atoms. The van der Waals surface area contributed by atoms with E-state index in [0.717, 1.165) is 52.6 Å². The van der Waals surface area contributed by atoms with Gasteiger partial charge in [0.05, 0.1) is 11.7 Å². The lowest BCUT2D eigenvalue weighted by Gasteiger charge is -2.22. The molecule has 0 bridgehead atoms. The molecule has 5 heterocycles. The van der Waals surface area contributed by atoms with Gasteiger partial charge in [-0.2, -0.15) is 14.8 Å². The number of aromatic nitrogens is 5. The van der Waals surface area contributed by atoms with Crippen LogP contribution >= 0.6 is 0 Å². The van der Waals surface area contributed by atoms with Crippen LogP contribution in [0.3, 0.4) is 0 Å². The first kappa shape index (κ1) is 20.9. The van der Waals surface area contributed by atoms with Crippen LogP contribution in [0, 0.1) is 0 Å². The molecule has 0 aliphatic carbocycles. The first-order valence-electron chi connectivity index (χ1n) is 11.1. The quantitative estimate of drug-likeness (QED) is 0.337. The number of nitrogens with zero attached hydrogens (tertiary/aromatic N) is 5. The number of pyridine rings is 1. The summed E-state index contributed by atoms with van der Waals surface area (Å²) in [7, 11) is 0. The Kier molecular flexibility index (Phi) is 5.60. The summed E-state index contributed by atoms with van der Waals surface area (Å²) in [5, 5.41) is 12.6. The van der Waals surface area contributed by atoms with E-state index in [4.69, 9.17) is 0 Å². The summed E-state index contributed by atoms with van der Waals surface area (Å²) in [6, 6.07) is 7.60. The number of hydrogen-bond donors (Lipinski definition) is 2. The highest BCUT2D eigenvalue weighted by Crippen LogP contribution is 2.31. The van der Waals surface area contributed by atoms with Gasteiger partial charge in [0.15, 0.2) is 0 Å². The highest BCUT2D eigenvalue weighted by atomic mass is 16.2. The van der Waals surface area contributed by atoms with Gasteiger partial charge in [0, 0.05) is 42.1 Å². The monoisotopic (exact) mass is 443 g/mol. The summed E-state index contributed by atoms with van der Waals surface area (Å²) >= 11 is 0. The standard InChI is InChI=1S/C24H25N7O2/c1-2-22(32)30-13-5-8-21(30)24(33)26-10-3-6-16-14-18-17(9-12-25-23(18)29-16)19-15-28-31-20(19)7-4-11-27-31/h2,4,7,9,11-12,14-15,21H,1,3,5-6,8,10,13H2,(H,25,29)(H,26,33)/t21-/m0/s1. The number of aryl methyl sites for hydroxylation is 1. The SMILES string of the molecule is C=CC(=O)N1CCC[C@H]1C(=O)NCCCc1cc2c(-c3cnn4ncccc34)ccnc2[nH]1. The zero-order valence-electron chi connectivity index (χ0n) is 18.2. The van der Waals surface area contributed by atoms with E-state index >= 15 is 0 Å². The van der Waals surface area contributed by atoms with Gasteiger partial charge < -0.3 is 15.2 Å². The van der Waals surface area contributed by atoms with Crippen LogP contribution in [0.4, 0.5) is 0 Å². The molecule has 5 rings (SSSR count). The number of nitrogens with one attached hydrogen (secondary N) is 2. The molecular weight excluding hydrogens is 418 g/mol. The van der Waals surface area contributed by atoms with E-state index in [0.29, 0.717) is 19.5 Å². The third kappa shape index (κ3) is 3.97. The number of likely N-dealkylation sites (tertiary alicyclic amines) is 1. The first-order valence-corrected chi connectivity index (χ1v) is 11.1. The maximum Gasteiger partial charge on any atom is 0.246 e. The third-order valence-corrected chi connectivity index (χ3v) is 6.12. The number of rotatable bonds is 7. The molecule has 0 radical (unpaired) electrons. The molecule has 9 nitrogen and oxygen atoms in total. The number of fused-ring (bicyclic) bond motifs is 2. The van der Waals surface area contributed by atoms with Gasteiger partial charge >= 0.3 is 0 Å². The Hall–Kier alpha value is -4.01. The van der Waals surface area contributed by atoms with E-state index in [1.807, 2.05) is 24.4 Å². The van der Waals surface area contributed by atoms with E-state index in [1.165, 1.54) is 6.08 Å². The molecule has 1 fully saturated rings. The summed E-state index contributed by atoms with van der Waals surface area (Å²) in [5.41, 5.74) is 4.86. The third-order valence-electron chi connectivity index (χ3n) is 6.12. The van der Waals surface area contributed by atoms with Crippen molar-refractivity contribution in [2.24, 2.45) is 0 Å². The Morgan fingerprint density at radius 3 is 3.03 bits per heavy atom. The molecule has 0 unspecified atom stereocenters. The van der Waals surface area contributed by atoms with E-state index in [1.54, 1.807) is 21.9 Å². The molecule has 4 aromatic heterocycles. The van der Waals surface area contributed by atoms with Crippen molar-refractivity contribution in [3.63, 3.8) is 0 Å². The maximum absolute atomic E-state index is 12.5. The van der Waals surface area contributed by atoms with Crippen LogP contribution in [0.25, 0.3) is 27.7 Å². The summed E-state index contributed by atoms with van der Waals surface area (Å²) in [6.45, 7) is 4.67. The predicted molar refractivity (Wildman–Crippen MR) is 124 cm³/mol. The lowest BCUT2D eigenvalue weighted by atomic mass is 10.1. The van der Waals surface area contributed by atoms with E-state index in [2.05, 4.69) is 38.1 Å². The van der Waals surface area contributed by atoms with E-state index in [9.17, 15) is 9.59 Å². The van der Waals surface area contributed by atoms with Crippen LogP contribution in [-0.2, 0) is 16.0 Å².